The van der Waals surface area contributed by atoms with Gasteiger partial charge >= 0.3 is 5.97 Å². The van der Waals surface area contributed by atoms with Crippen molar-refractivity contribution in [3.63, 3.8) is 0 Å². The number of rotatable bonds is 4. The van der Waals surface area contributed by atoms with E-state index in [4.69, 9.17) is 5.11 Å². The van der Waals surface area contributed by atoms with Gasteiger partial charge in [-0.25, -0.2) is 4.39 Å². The smallest absolute Gasteiger partial charge is 0.316 e. The van der Waals surface area contributed by atoms with Crippen LogP contribution < -0.4 is 0 Å². The summed E-state index contributed by atoms with van der Waals surface area (Å²) in [6, 6.07) is 8.18. The third-order valence-electron chi connectivity index (χ3n) is 1.91. The predicted octanol–water partition coefficient (Wildman–Crippen LogP) is 1.80. The van der Waals surface area contributed by atoms with Crippen LogP contribution in [0.4, 0.5) is 4.39 Å². The maximum Gasteiger partial charge on any atom is 0.316 e. The largest absolute Gasteiger partial charge is 0.481 e. The number of carbonyl (C=O) groups is 1. The third kappa shape index (κ3) is 2.29. The molecule has 1 aromatic carbocycles. The van der Waals surface area contributed by atoms with Gasteiger partial charge in [0.25, 0.3) is 0 Å². The summed E-state index contributed by atoms with van der Waals surface area (Å²) in [5, 5.41) is 8.81. The van der Waals surface area contributed by atoms with Crippen LogP contribution in [-0.2, 0) is 9.53 Å². The van der Waals surface area contributed by atoms with Crippen LogP contribution in [0.3, 0.4) is 0 Å². The van der Waals surface area contributed by atoms with Gasteiger partial charge < -0.3 is 9.84 Å². The molecule has 4 heteroatoms. The van der Waals surface area contributed by atoms with E-state index in [0.29, 0.717) is 5.56 Å². The molecule has 2 unspecified atom stereocenters. The highest BCUT2D eigenvalue weighted by molar-refractivity contribution is 5.76. The molecular formula is C10H11FO3. The summed E-state index contributed by atoms with van der Waals surface area (Å²) in [4.78, 5) is 10.8. The van der Waals surface area contributed by atoms with Gasteiger partial charge in [0.2, 0.25) is 6.36 Å². The van der Waals surface area contributed by atoms with E-state index in [1.54, 1.807) is 30.3 Å². The molecule has 0 aromatic heterocycles. The molecule has 0 radical (unpaired) electrons. The van der Waals surface area contributed by atoms with E-state index in [0.717, 1.165) is 7.11 Å². The number of alkyl halides is 1. The summed E-state index contributed by atoms with van der Waals surface area (Å²) in [7, 11) is 1.14. The summed E-state index contributed by atoms with van der Waals surface area (Å²) in [6.45, 7) is 0. The molecule has 0 heterocycles. The number of aliphatic carboxylic acids is 1. The fourth-order valence-corrected chi connectivity index (χ4v) is 1.20. The van der Waals surface area contributed by atoms with E-state index in [1.165, 1.54) is 0 Å². The molecule has 1 rings (SSSR count). The second kappa shape index (κ2) is 4.72. The van der Waals surface area contributed by atoms with E-state index < -0.39 is 18.2 Å². The molecule has 0 amide bonds. The number of carboxylic acid groups (broad SMARTS) is 1. The van der Waals surface area contributed by atoms with Gasteiger partial charge in [-0.1, -0.05) is 30.3 Å². The maximum absolute atomic E-state index is 13.1. The molecule has 0 bridgehead atoms. The summed E-state index contributed by atoms with van der Waals surface area (Å²) in [6.07, 6.45) is -1.82. The predicted molar refractivity (Wildman–Crippen MR) is 48.7 cm³/mol. The standard InChI is InChI=1S/C10H11FO3/c1-14-9(11)8(10(12)13)7-5-3-2-4-6-7/h2-6,8-9H,1H3,(H,12,13). The van der Waals surface area contributed by atoms with Crippen LogP contribution in [0.5, 0.6) is 0 Å². The van der Waals surface area contributed by atoms with Gasteiger partial charge in [-0.2, -0.15) is 0 Å². The molecule has 0 aliphatic rings. The van der Waals surface area contributed by atoms with E-state index in [2.05, 4.69) is 4.74 Å². The highest BCUT2D eigenvalue weighted by atomic mass is 19.1. The van der Waals surface area contributed by atoms with Gasteiger partial charge in [-0.05, 0) is 5.56 Å². The summed E-state index contributed by atoms with van der Waals surface area (Å²) in [5.41, 5.74) is 0.398. The number of ether oxygens (including phenoxy) is 1. The molecule has 0 fully saturated rings. The Morgan fingerprint density at radius 1 is 1.43 bits per heavy atom. The Kier molecular flexibility index (Phi) is 3.59. The molecular weight excluding hydrogens is 187 g/mol. The molecule has 0 aliphatic heterocycles. The fourth-order valence-electron chi connectivity index (χ4n) is 1.20. The van der Waals surface area contributed by atoms with E-state index in [-0.39, 0.29) is 0 Å². The first kappa shape index (κ1) is 10.7. The van der Waals surface area contributed by atoms with Crippen molar-refractivity contribution in [1.82, 2.24) is 0 Å². The molecule has 0 saturated carbocycles. The molecule has 0 saturated heterocycles. The molecule has 0 aliphatic carbocycles. The van der Waals surface area contributed by atoms with E-state index in [1.807, 2.05) is 0 Å². The van der Waals surface area contributed by atoms with Crippen LogP contribution in [0.15, 0.2) is 30.3 Å². The third-order valence-corrected chi connectivity index (χ3v) is 1.91. The van der Waals surface area contributed by atoms with Crippen molar-refractivity contribution in [2.24, 2.45) is 0 Å². The minimum atomic E-state index is -1.82. The van der Waals surface area contributed by atoms with E-state index >= 15 is 0 Å². The van der Waals surface area contributed by atoms with Gasteiger partial charge in [0.15, 0.2) is 0 Å². The lowest BCUT2D eigenvalue weighted by Crippen LogP contribution is -2.24. The quantitative estimate of drug-likeness (QED) is 0.802. The lowest BCUT2D eigenvalue weighted by Gasteiger charge is -2.15. The van der Waals surface area contributed by atoms with Crippen molar-refractivity contribution in [1.29, 1.82) is 0 Å². The molecule has 1 aromatic rings. The highest BCUT2D eigenvalue weighted by Crippen LogP contribution is 2.22. The second-order valence-corrected chi connectivity index (χ2v) is 2.81. The molecule has 1 N–H and O–H groups in total. The number of methoxy groups -OCH3 is 1. The zero-order chi connectivity index (χ0) is 10.6. The van der Waals surface area contributed by atoms with Crippen LogP contribution in [0.1, 0.15) is 11.5 Å². The Hall–Kier alpha value is -1.42. The lowest BCUT2D eigenvalue weighted by molar-refractivity contribution is -0.146. The Balaban J connectivity index is 2.95. The topological polar surface area (TPSA) is 46.5 Å². The van der Waals surface area contributed by atoms with Crippen molar-refractivity contribution in [2.45, 2.75) is 12.3 Å². The lowest BCUT2D eigenvalue weighted by atomic mass is 9.99. The molecule has 14 heavy (non-hydrogen) atoms. The number of benzene rings is 1. The van der Waals surface area contributed by atoms with Gasteiger partial charge in [-0.15, -0.1) is 0 Å². The van der Waals surface area contributed by atoms with Crippen molar-refractivity contribution in [3.05, 3.63) is 35.9 Å². The van der Waals surface area contributed by atoms with Crippen molar-refractivity contribution in [2.75, 3.05) is 7.11 Å². The first-order valence-corrected chi connectivity index (χ1v) is 4.11. The Labute approximate surface area is 81.1 Å². The number of carboxylic acids is 1. The minimum absolute atomic E-state index is 0.398. The first-order chi connectivity index (χ1) is 6.66. The minimum Gasteiger partial charge on any atom is -0.481 e. The monoisotopic (exact) mass is 198 g/mol. The zero-order valence-electron chi connectivity index (χ0n) is 7.68. The van der Waals surface area contributed by atoms with Crippen molar-refractivity contribution >= 4 is 5.97 Å². The normalized spacial score (nSPS) is 14.7. The Bertz CT molecular complexity index is 299. The van der Waals surface area contributed by atoms with Crippen LogP contribution in [0.2, 0.25) is 0 Å². The Morgan fingerprint density at radius 3 is 2.43 bits per heavy atom. The Morgan fingerprint density at radius 2 is 2.00 bits per heavy atom. The molecule has 2 atom stereocenters. The summed E-state index contributed by atoms with van der Waals surface area (Å²) in [5.74, 6) is -2.49. The second-order valence-electron chi connectivity index (χ2n) is 2.81. The van der Waals surface area contributed by atoms with Gasteiger partial charge in [0, 0.05) is 7.11 Å². The average molecular weight is 198 g/mol. The van der Waals surface area contributed by atoms with Crippen LogP contribution in [0, 0.1) is 0 Å². The number of hydrogen-bond acceptors (Lipinski definition) is 2. The summed E-state index contributed by atoms with van der Waals surface area (Å²) < 4.78 is 17.5. The highest BCUT2D eigenvalue weighted by Gasteiger charge is 2.29. The van der Waals surface area contributed by atoms with Crippen LogP contribution in [-0.4, -0.2) is 24.5 Å². The van der Waals surface area contributed by atoms with Crippen molar-refractivity contribution in [3.8, 4) is 0 Å². The number of halogens is 1. The van der Waals surface area contributed by atoms with Crippen molar-refractivity contribution < 1.29 is 19.0 Å². The van der Waals surface area contributed by atoms with Gasteiger partial charge in [0.05, 0.1) is 0 Å². The SMILES string of the molecule is COC(F)C(C(=O)O)c1ccccc1. The van der Waals surface area contributed by atoms with Crippen LogP contribution in [0.25, 0.3) is 0 Å². The average Bonchev–Trinajstić information content (AvgIpc) is 2.19. The molecule has 76 valence electrons. The maximum atomic E-state index is 13.1. The van der Waals surface area contributed by atoms with Gasteiger partial charge in [-0.3, -0.25) is 4.79 Å². The van der Waals surface area contributed by atoms with E-state index in [9.17, 15) is 9.18 Å². The summed E-state index contributed by atoms with van der Waals surface area (Å²) >= 11 is 0. The molecule has 0 spiro atoms. The fraction of sp³-hybridized carbons (Fsp3) is 0.300. The molecule has 3 nitrogen and oxygen atoms in total. The van der Waals surface area contributed by atoms with Crippen LogP contribution >= 0.6 is 0 Å². The first-order valence-electron chi connectivity index (χ1n) is 4.11. The zero-order valence-corrected chi connectivity index (χ0v) is 7.68. The number of hydrogen-bond donors (Lipinski definition) is 1. The van der Waals surface area contributed by atoms with Gasteiger partial charge in [0.1, 0.15) is 5.92 Å².